The Morgan fingerprint density at radius 3 is 0.870 bits per heavy atom. The summed E-state index contributed by atoms with van der Waals surface area (Å²) in [6.45, 7) is 29.2. The van der Waals surface area contributed by atoms with E-state index in [1.807, 2.05) is 0 Å². The molecule has 0 heterocycles. The van der Waals surface area contributed by atoms with Gasteiger partial charge in [-0.15, -0.1) is 0 Å². The fourth-order valence-electron chi connectivity index (χ4n) is 5.23. The molecule has 0 amide bonds. The molecule has 0 radical (unpaired) electrons. The zero-order valence-electron chi connectivity index (χ0n) is 18.3. The number of hydrogen-bond donors (Lipinski definition) is 0. The molecule has 0 rings (SSSR count). The molecule has 3 heteroatoms. The highest BCUT2D eigenvalue weighted by atomic mass is 28.4. The Labute approximate surface area is 150 Å². The highest BCUT2D eigenvalue weighted by Gasteiger charge is 2.55. The molecular formula is C20H46OSi2. The molecule has 0 bridgehead atoms. The maximum Gasteiger partial charge on any atom is 0.187 e. The SMILES string of the molecule is CCC(C)[Si](O[Si](C(C)C)(C(C)C)C(C)CC)(C(C)C)C(C)C. The molecule has 0 aromatic rings. The minimum Gasteiger partial charge on any atom is -0.454 e. The van der Waals surface area contributed by atoms with Crippen molar-refractivity contribution in [2.45, 2.75) is 129 Å². The fraction of sp³-hybridized carbons (Fsp3) is 1.00. The predicted molar refractivity (Wildman–Crippen MR) is 112 cm³/mol. The molecule has 0 saturated heterocycles. The van der Waals surface area contributed by atoms with E-state index in [0.717, 1.165) is 11.1 Å². The first-order chi connectivity index (χ1) is 10.4. The van der Waals surface area contributed by atoms with Crippen LogP contribution in [0.5, 0.6) is 0 Å². The van der Waals surface area contributed by atoms with Crippen molar-refractivity contribution in [3.8, 4) is 0 Å². The number of hydrogen-bond acceptors (Lipinski definition) is 1. The highest BCUT2D eigenvalue weighted by Crippen LogP contribution is 2.52. The molecule has 0 spiro atoms. The summed E-state index contributed by atoms with van der Waals surface area (Å²) < 4.78 is 7.65. The molecule has 0 aliphatic heterocycles. The van der Waals surface area contributed by atoms with Gasteiger partial charge in [-0.2, -0.15) is 0 Å². The van der Waals surface area contributed by atoms with E-state index < -0.39 is 16.6 Å². The lowest BCUT2D eigenvalue weighted by atomic mass is 10.4. The standard InChI is InChI=1S/C20H46OSi2/c1-13-19(11)22(15(3)4,16(5)6)21-23(17(7)8,18(9)10)20(12)14-2/h15-20H,13-14H2,1-12H3. The molecule has 140 valence electrons. The maximum atomic E-state index is 7.65. The van der Waals surface area contributed by atoms with Gasteiger partial charge in [-0.05, 0) is 33.2 Å². The Kier molecular flexibility index (Phi) is 9.35. The van der Waals surface area contributed by atoms with Crippen LogP contribution in [0.4, 0.5) is 0 Å². The molecule has 0 aromatic carbocycles. The molecule has 0 aliphatic rings. The summed E-state index contributed by atoms with van der Waals surface area (Å²) in [7, 11) is -3.66. The predicted octanol–water partition coefficient (Wildman–Crippen LogP) is 8.13. The molecule has 2 unspecified atom stereocenters. The zero-order chi connectivity index (χ0) is 18.6. The first kappa shape index (κ1) is 23.4. The van der Waals surface area contributed by atoms with Crippen LogP contribution in [-0.2, 0) is 4.12 Å². The van der Waals surface area contributed by atoms with Crippen molar-refractivity contribution in [3.05, 3.63) is 0 Å². The normalized spacial score (nSPS) is 16.7. The van der Waals surface area contributed by atoms with Gasteiger partial charge in [-0.3, -0.25) is 0 Å². The minimum atomic E-state index is -1.83. The second-order valence-corrected chi connectivity index (χ2v) is 19.9. The fourth-order valence-corrected chi connectivity index (χ4v) is 21.6. The van der Waals surface area contributed by atoms with Crippen molar-refractivity contribution < 1.29 is 4.12 Å². The van der Waals surface area contributed by atoms with Gasteiger partial charge < -0.3 is 4.12 Å². The van der Waals surface area contributed by atoms with Crippen LogP contribution in [0, 0.1) is 0 Å². The van der Waals surface area contributed by atoms with Crippen LogP contribution in [0.25, 0.3) is 0 Å². The van der Waals surface area contributed by atoms with Gasteiger partial charge in [0, 0.05) is 0 Å². The summed E-state index contributed by atoms with van der Waals surface area (Å²) in [6.07, 6.45) is 2.51. The van der Waals surface area contributed by atoms with Crippen LogP contribution >= 0.6 is 0 Å². The highest BCUT2D eigenvalue weighted by molar-refractivity contribution is 6.90. The Morgan fingerprint density at radius 1 is 0.522 bits per heavy atom. The number of rotatable bonds is 10. The van der Waals surface area contributed by atoms with E-state index in [1.54, 1.807) is 0 Å². The van der Waals surface area contributed by atoms with Crippen LogP contribution in [0.15, 0.2) is 0 Å². The van der Waals surface area contributed by atoms with Gasteiger partial charge in [0.1, 0.15) is 0 Å². The summed E-state index contributed by atoms with van der Waals surface area (Å²) in [5, 5.41) is 0. The van der Waals surface area contributed by atoms with Crippen LogP contribution in [0.3, 0.4) is 0 Å². The Hall–Kier alpha value is 0.394. The molecule has 0 saturated carbocycles. The smallest absolute Gasteiger partial charge is 0.187 e. The Morgan fingerprint density at radius 2 is 0.739 bits per heavy atom. The molecular weight excluding hydrogens is 312 g/mol. The van der Waals surface area contributed by atoms with Crippen LogP contribution in [0.2, 0.25) is 33.2 Å². The van der Waals surface area contributed by atoms with E-state index in [4.69, 9.17) is 4.12 Å². The van der Waals surface area contributed by atoms with E-state index >= 15 is 0 Å². The van der Waals surface area contributed by atoms with E-state index in [9.17, 15) is 0 Å². The third kappa shape index (κ3) is 4.33. The average Bonchev–Trinajstić information content (AvgIpc) is 2.45. The van der Waals surface area contributed by atoms with E-state index in [0.29, 0.717) is 22.2 Å². The van der Waals surface area contributed by atoms with Crippen LogP contribution in [0.1, 0.15) is 95.9 Å². The summed E-state index contributed by atoms with van der Waals surface area (Å²) in [6, 6.07) is 0. The van der Waals surface area contributed by atoms with Crippen LogP contribution in [-0.4, -0.2) is 16.6 Å². The molecule has 23 heavy (non-hydrogen) atoms. The largest absolute Gasteiger partial charge is 0.454 e. The second kappa shape index (κ2) is 9.19. The molecule has 2 atom stereocenters. The molecule has 0 N–H and O–H groups in total. The monoisotopic (exact) mass is 358 g/mol. The van der Waals surface area contributed by atoms with Crippen molar-refractivity contribution >= 4 is 16.6 Å². The average molecular weight is 359 g/mol. The van der Waals surface area contributed by atoms with Gasteiger partial charge in [0.05, 0.1) is 0 Å². The summed E-state index contributed by atoms with van der Waals surface area (Å²) in [5.41, 5.74) is 4.21. The van der Waals surface area contributed by atoms with Gasteiger partial charge in [0.25, 0.3) is 0 Å². The van der Waals surface area contributed by atoms with E-state index in [1.165, 1.54) is 12.8 Å². The quantitative estimate of drug-likeness (QED) is 0.358. The summed E-state index contributed by atoms with van der Waals surface area (Å²) in [4.78, 5) is 0. The van der Waals surface area contributed by atoms with Crippen molar-refractivity contribution in [1.82, 2.24) is 0 Å². The zero-order valence-corrected chi connectivity index (χ0v) is 20.3. The van der Waals surface area contributed by atoms with Gasteiger partial charge in [0.2, 0.25) is 0 Å². The maximum absolute atomic E-state index is 7.65. The third-order valence-electron chi connectivity index (χ3n) is 6.73. The van der Waals surface area contributed by atoms with E-state index in [-0.39, 0.29) is 0 Å². The molecule has 1 nitrogen and oxygen atoms in total. The first-order valence-electron chi connectivity index (χ1n) is 10.1. The van der Waals surface area contributed by atoms with Gasteiger partial charge in [-0.1, -0.05) is 95.9 Å². The third-order valence-corrected chi connectivity index (χ3v) is 20.7. The molecule has 0 aliphatic carbocycles. The summed E-state index contributed by atoms with van der Waals surface area (Å²) in [5.74, 6) is 0. The van der Waals surface area contributed by atoms with Crippen molar-refractivity contribution in [3.63, 3.8) is 0 Å². The lowest BCUT2D eigenvalue weighted by Gasteiger charge is -2.54. The van der Waals surface area contributed by atoms with Crippen LogP contribution < -0.4 is 0 Å². The van der Waals surface area contributed by atoms with Crippen molar-refractivity contribution in [2.75, 3.05) is 0 Å². The van der Waals surface area contributed by atoms with Gasteiger partial charge >= 0.3 is 0 Å². The van der Waals surface area contributed by atoms with Crippen molar-refractivity contribution in [1.29, 1.82) is 0 Å². The van der Waals surface area contributed by atoms with Crippen molar-refractivity contribution in [2.24, 2.45) is 0 Å². The Bertz CT molecular complexity index is 289. The molecule has 0 fully saturated rings. The Balaban J connectivity index is 6.26. The minimum absolute atomic E-state index is 0.686. The van der Waals surface area contributed by atoms with Gasteiger partial charge in [-0.25, -0.2) is 0 Å². The lowest BCUT2D eigenvalue weighted by molar-refractivity contribution is 0.415. The first-order valence-corrected chi connectivity index (χ1v) is 14.4. The van der Waals surface area contributed by atoms with Gasteiger partial charge in [0.15, 0.2) is 16.6 Å². The second-order valence-electron chi connectivity index (χ2n) is 9.05. The molecule has 0 aromatic heterocycles. The lowest BCUT2D eigenvalue weighted by Crippen LogP contribution is -2.61. The topological polar surface area (TPSA) is 9.23 Å². The van der Waals surface area contributed by atoms with E-state index in [2.05, 4.69) is 83.1 Å². The summed E-state index contributed by atoms with van der Waals surface area (Å²) >= 11 is 0.